The second-order valence-electron chi connectivity index (χ2n) is 3.68. The highest BCUT2D eigenvalue weighted by Gasteiger charge is 2.02. The molecule has 0 aliphatic rings. The van der Waals surface area contributed by atoms with E-state index >= 15 is 0 Å². The van der Waals surface area contributed by atoms with Crippen molar-refractivity contribution in [2.45, 2.75) is 19.4 Å². The van der Waals surface area contributed by atoms with Gasteiger partial charge in [0.25, 0.3) is 0 Å². The third-order valence-corrected chi connectivity index (χ3v) is 2.87. The van der Waals surface area contributed by atoms with Gasteiger partial charge in [-0.3, -0.25) is 0 Å². The van der Waals surface area contributed by atoms with Crippen LogP contribution in [-0.2, 0) is 6.42 Å². The number of thioether (sulfide) groups is 1. The third kappa shape index (κ3) is 5.19. The lowest BCUT2D eigenvalue weighted by Gasteiger charge is -2.13. The van der Waals surface area contributed by atoms with Crippen molar-refractivity contribution < 1.29 is 4.39 Å². The molecule has 1 rings (SSSR count). The molecule has 3 heteroatoms. The average Bonchev–Trinajstić information content (AvgIpc) is 2.22. The topological polar surface area (TPSA) is 12.0 Å². The van der Waals surface area contributed by atoms with Crippen molar-refractivity contribution in [2.75, 3.05) is 18.6 Å². The Morgan fingerprint density at radius 1 is 1.33 bits per heavy atom. The molecule has 0 saturated carbocycles. The van der Waals surface area contributed by atoms with E-state index in [0.717, 1.165) is 18.7 Å². The molecular weight excluding hydrogens is 209 g/mol. The lowest BCUT2D eigenvalue weighted by molar-refractivity contribution is 0.566. The highest BCUT2D eigenvalue weighted by molar-refractivity contribution is 7.98. The molecule has 15 heavy (non-hydrogen) atoms. The molecule has 0 heterocycles. The van der Waals surface area contributed by atoms with E-state index in [1.807, 2.05) is 23.9 Å². The van der Waals surface area contributed by atoms with Crippen LogP contribution >= 0.6 is 11.8 Å². The van der Waals surface area contributed by atoms with Gasteiger partial charge in [0.1, 0.15) is 5.82 Å². The van der Waals surface area contributed by atoms with E-state index in [2.05, 4.69) is 18.5 Å². The van der Waals surface area contributed by atoms with Gasteiger partial charge in [-0.05, 0) is 37.3 Å². The van der Waals surface area contributed by atoms with Crippen LogP contribution in [0.4, 0.5) is 4.39 Å². The van der Waals surface area contributed by atoms with Crippen LogP contribution in [0.15, 0.2) is 24.3 Å². The molecule has 0 amide bonds. The Labute approximate surface area is 95.5 Å². The number of hydrogen-bond acceptors (Lipinski definition) is 2. The maximum Gasteiger partial charge on any atom is 0.123 e. The summed E-state index contributed by atoms with van der Waals surface area (Å²) >= 11 is 1.84. The van der Waals surface area contributed by atoms with Crippen LogP contribution in [0.2, 0.25) is 0 Å². The third-order valence-electron chi connectivity index (χ3n) is 2.25. The summed E-state index contributed by atoms with van der Waals surface area (Å²) in [6.07, 6.45) is 3.06. The Kier molecular flexibility index (Phi) is 5.73. The SMILES string of the molecule is CSCCNC(C)Cc1ccc(F)cc1. The van der Waals surface area contributed by atoms with Gasteiger partial charge in [-0.2, -0.15) is 11.8 Å². The summed E-state index contributed by atoms with van der Waals surface area (Å²) in [6, 6.07) is 7.18. The number of benzene rings is 1. The van der Waals surface area contributed by atoms with E-state index in [9.17, 15) is 4.39 Å². The second-order valence-corrected chi connectivity index (χ2v) is 4.66. The Bertz CT molecular complexity index is 273. The fraction of sp³-hybridized carbons (Fsp3) is 0.500. The van der Waals surface area contributed by atoms with Crippen molar-refractivity contribution in [3.63, 3.8) is 0 Å². The van der Waals surface area contributed by atoms with E-state index in [1.54, 1.807) is 0 Å². The molecule has 1 unspecified atom stereocenters. The summed E-state index contributed by atoms with van der Waals surface area (Å²) in [5.74, 6) is 0.968. The van der Waals surface area contributed by atoms with E-state index in [4.69, 9.17) is 0 Å². The van der Waals surface area contributed by atoms with Crippen LogP contribution < -0.4 is 5.32 Å². The predicted octanol–water partition coefficient (Wildman–Crippen LogP) is 2.71. The van der Waals surface area contributed by atoms with Crippen LogP contribution in [0.3, 0.4) is 0 Å². The molecule has 0 aromatic heterocycles. The number of nitrogens with one attached hydrogen (secondary N) is 1. The minimum Gasteiger partial charge on any atom is -0.313 e. The molecular formula is C12H18FNS. The average molecular weight is 227 g/mol. The maximum atomic E-state index is 12.7. The van der Waals surface area contributed by atoms with Crippen molar-refractivity contribution >= 4 is 11.8 Å². The highest BCUT2D eigenvalue weighted by atomic mass is 32.2. The lowest BCUT2D eigenvalue weighted by atomic mass is 10.1. The molecule has 0 aliphatic carbocycles. The van der Waals surface area contributed by atoms with Gasteiger partial charge in [-0.1, -0.05) is 12.1 Å². The van der Waals surface area contributed by atoms with Crippen molar-refractivity contribution in [1.82, 2.24) is 5.32 Å². The maximum absolute atomic E-state index is 12.7. The van der Waals surface area contributed by atoms with Gasteiger partial charge in [-0.15, -0.1) is 0 Å². The molecule has 0 spiro atoms. The van der Waals surface area contributed by atoms with Crippen molar-refractivity contribution in [2.24, 2.45) is 0 Å². The smallest absolute Gasteiger partial charge is 0.123 e. The van der Waals surface area contributed by atoms with Gasteiger partial charge < -0.3 is 5.32 Å². The zero-order chi connectivity index (χ0) is 11.1. The second kappa shape index (κ2) is 6.85. The summed E-state index contributed by atoms with van der Waals surface area (Å²) in [6.45, 7) is 3.19. The van der Waals surface area contributed by atoms with Gasteiger partial charge in [0, 0.05) is 18.3 Å². The Morgan fingerprint density at radius 2 is 2.00 bits per heavy atom. The first kappa shape index (κ1) is 12.5. The minimum atomic E-state index is -0.165. The Hall–Kier alpha value is -0.540. The standard InChI is InChI=1S/C12H18FNS/c1-10(14-7-8-15-2)9-11-3-5-12(13)6-4-11/h3-6,10,14H,7-9H2,1-2H3. The summed E-state index contributed by atoms with van der Waals surface area (Å²) in [5.41, 5.74) is 1.18. The molecule has 1 N–H and O–H groups in total. The van der Waals surface area contributed by atoms with E-state index in [-0.39, 0.29) is 5.82 Å². The van der Waals surface area contributed by atoms with Gasteiger partial charge in [-0.25, -0.2) is 4.39 Å². The monoisotopic (exact) mass is 227 g/mol. The quantitative estimate of drug-likeness (QED) is 0.750. The Balaban J connectivity index is 2.31. The number of rotatable bonds is 6. The number of hydrogen-bond donors (Lipinski definition) is 1. The van der Waals surface area contributed by atoms with E-state index < -0.39 is 0 Å². The summed E-state index contributed by atoms with van der Waals surface area (Å²) in [5, 5.41) is 3.43. The summed E-state index contributed by atoms with van der Waals surface area (Å²) in [7, 11) is 0. The summed E-state index contributed by atoms with van der Waals surface area (Å²) in [4.78, 5) is 0. The van der Waals surface area contributed by atoms with Crippen LogP contribution in [0.25, 0.3) is 0 Å². The zero-order valence-corrected chi connectivity index (χ0v) is 10.1. The molecule has 0 fully saturated rings. The zero-order valence-electron chi connectivity index (χ0n) is 9.29. The normalized spacial score (nSPS) is 12.7. The molecule has 84 valence electrons. The van der Waals surface area contributed by atoms with Gasteiger partial charge in [0.2, 0.25) is 0 Å². The van der Waals surface area contributed by atoms with Gasteiger partial charge >= 0.3 is 0 Å². The van der Waals surface area contributed by atoms with Gasteiger partial charge in [0.05, 0.1) is 0 Å². The van der Waals surface area contributed by atoms with E-state index in [0.29, 0.717) is 6.04 Å². The fourth-order valence-corrected chi connectivity index (χ4v) is 1.78. The van der Waals surface area contributed by atoms with Crippen LogP contribution in [0.1, 0.15) is 12.5 Å². The first-order chi connectivity index (χ1) is 7.22. The van der Waals surface area contributed by atoms with Crippen LogP contribution in [-0.4, -0.2) is 24.6 Å². The van der Waals surface area contributed by atoms with Crippen molar-refractivity contribution in [1.29, 1.82) is 0 Å². The van der Waals surface area contributed by atoms with Crippen molar-refractivity contribution in [3.05, 3.63) is 35.6 Å². The fourth-order valence-electron chi connectivity index (χ4n) is 1.45. The first-order valence-electron chi connectivity index (χ1n) is 5.19. The molecule has 1 nitrogen and oxygen atoms in total. The molecule has 0 saturated heterocycles. The molecule has 0 radical (unpaired) electrons. The lowest BCUT2D eigenvalue weighted by Crippen LogP contribution is -2.29. The first-order valence-corrected chi connectivity index (χ1v) is 6.58. The highest BCUT2D eigenvalue weighted by Crippen LogP contribution is 2.05. The largest absolute Gasteiger partial charge is 0.313 e. The molecule has 0 bridgehead atoms. The summed E-state index contributed by atoms with van der Waals surface area (Å²) < 4.78 is 12.7. The predicted molar refractivity (Wildman–Crippen MR) is 66.0 cm³/mol. The van der Waals surface area contributed by atoms with Gasteiger partial charge in [0.15, 0.2) is 0 Å². The Morgan fingerprint density at radius 3 is 2.60 bits per heavy atom. The van der Waals surface area contributed by atoms with Crippen molar-refractivity contribution in [3.8, 4) is 0 Å². The molecule has 1 atom stereocenters. The molecule has 1 aromatic carbocycles. The molecule has 1 aromatic rings. The number of halogens is 1. The molecule has 0 aliphatic heterocycles. The van der Waals surface area contributed by atoms with E-state index in [1.165, 1.54) is 17.7 Å². The van der Waals surface area contributed by atoms with Crippen LogP contribution in [0, 0.1) is 5.82 Å². The van der Waals surface area contributed by atoms with Crippen LogP contribution in [0.5, 0.6) is 0 Å². The minimum absolute atomic E-state index is 0.165.